The number of amides is 1. The molecule has 8 nitrogen and oxygen atoms in total. The Hall–Kier alpha value is -2.65. The number of benzene rings is 2. The molecule has 4 rings (SSSR count). The van der Waals surface area contributed by atoms with Crippen LogP contribution in [0, 0.1) is 0 Å². The normalized spacial score (nSPS) is 21.8. The molecule has 8 heteroatoms. The lowest BCUT2D eigenvalue weighted by molar-refractivity contribution is 0.0322. The van der Waals surface area contributed by atoms with Crippen LogP contribution in [-0.2, 0) is 11.3 Å². The van der Waals surface area contributed by atoms with Gasteiger partial charge in [0.1, 0.15) is 18.1 Å². The second-order valence-corrected chi connectivity index (χ2v) is 9.20. The molecule has 0 bridgehead atoms. The summed E-state index contributed by atoms with van der Waals surface area (Å²) in [4.78, 5) is 17.5. The molecule has 0 radical (unpaired) electrons. The zero-order valence-corrected chi connectivity index (χ0v) is 20.5. The average molecular weight is 484 g/mol. The van der Waals surface area contributed by atoms with Gasteiger partial charge in [0.25, 0.3) is 5.91 Å². The smallest absolute Gasteiger partial charge is 0.251 e. The Balaban J connectivity index is 1.27. The molecule has 2 N–H and O–H groups in total. The topological polar surface area (TPSA) is 83.5 Å². The van der Waals surface area contributed by atoms with Gasteiger partial charge in [0.05, 0.1) is 32.5 Å². The SMILES string of the molecule is COc1ccc(CN2CCCC(O)C(NC(=O)c3ccc(OCCN4CCOCC4)cc3)C2)cc1. The van der Waals surface area contributed by atoms with Crippen molar-refractivity contribution < 1.29 is 24.1 Å². The average Bonchev–Trinajstić information content (AvgIpc) is 3.06. The Morgan fingerprint density at radius 1 is 1.03 bits per heavy atom. The summed E-state index contributed by atoms with van der Waals surface area (Å²) >= 11 is 0. The number of nitrogens with zero attached hydrogens (tertiary/aromatic N) is 2. The number of carbonyl (C=O) groups excluding carboxylic acids is 1. The summed E-state index contributed by atoms with van der Waals surface area (Å²) in [5.41, 5.74) is 1.74. The summed E-state index contributed by atoms with van der Waals surface area (Å²) < 4.78 is 16.4. The molecule has 0 saturated carbocycles. The number of aliphatic hydroxyl groups excluding tert-OH is 1. The lowest BCUT2D eigenvalue weighted by Crippen LogP contribution is -2.48. The van der Waals surface area contributed by atoms with Gasteiger partial charge in [0, 0.05) is 38.3 Å². The molecule has 2 aromatic rings. The minimum absolute atomic E-state index is 0.180. The van der Waals surface area contributed by atoms with Crippen LogP contribution >= 0.6 is 0 Å². The lowest BCUT2D eigenvalue weighted by atomic mass is 10.1. The van der Waals surface area contributed by atoms with Gasteiger partial charge < -0.3 is 24.6 Å². The highest BCUT2D eigenvalue weighted by molar-refractivity contribution is 5.94. The fourth-order valence-electron chi connectivity index (χ4n) is 4.56. The van der Waals surface area contributed by atoms with E-state index in [0.717, 1.165) is 63.9 Å². The molecule has 1 amide bonds. The van der Waals surface area contributed by atoms with Crippen molar-refractivity contribution in [1.29, 1.82) is 0 Å². The molecule has 2 atom stereocenters. The van der Waals surface area contributed by atoms with Gasteiger partial charge in [0.15, 0.2) is 0 Å². The first-order valence-corrected chi connectivity index (χ1v) is 12.5. The first kappa shape index (κ1) is 25.4. The summed E-state index contributed by atoms with van der Waals surface area (Å²) in [7, 11) is 1.66. The Morgan fingerprint density at radius 2 is 1.74 bits per heavy atom. The second kappa shape index (κ2) is 12.9. The molecule has 2 heterocycles. The van der Waals surface area contributed by atoms with E-state index in [2.05, 4.69) is 27.2 Å². The van der Waals surface area contributed by atoms with E-state index in [1.807, 2.05) is 24.3 Å². The van der Waals surface area contributed by atoms with Crippen LogP contribution < -0.4 is 14.8 Å². The van der Waals surface area contributed by atoms with Crippen LogP contribution in [0.4, 0.5) is 0 Å². The van der Waals surface area contributed by atoms with Crippen molar-refractivity contribution in [3.05, 3.63) is 59.7 Å². The van der Waals surface area contributed by atoms with E-state index in [1.54, 1.807) is 19.2 Å². The highest BCUT2D eigenvalue weighted by Crippen LogP contribution is 2.18. The quantitative estimate of drug-likeness (QED) is 0.566. The fourth-order valence-corrected chi connectivity index (χ4v) is 4.56. The summed E-state index contributed by atoms with van der Waals surface area (Å²) in [6.07, 6.45) is 0.989. The Kier molecular flexibility index (Phi) is 9.36. The van der Waals surface area contributed by atoms with Crippen LogP contribution in [0.5, 0.6) is 11.5 Å². The number of aliphatic hydroxyl groups is 1. The van der Waals surface area contributed by atoms with Crippen LogP contribution in [0.2, 0.25) is 0 Å². The number of hydrogen-bond donors (Lipinski definition) is 2. The van der Waals surface area contributed by atoms with E-state index < -0.39 is 6.10 Å². The Labute approximate surface area is 207 Å². The maximum Gasteiger partial charge on any atom is 0.251 e. The minimum Gasteiger partial charge on any atom is -0.497 e. The molecule has 2 aliphatic rings. The summed E-state index contributed by atoms with van der Waals surface area (Å²) in [5.74, 6) is 1.40. The van der Waals surface area contributed by atoms with Crippen molar-refractivity contribution >= 4 is 5.91 Å². The first-order chi connectivity index (χ1) is 17.1. The maximum atomic E-state index is 12.9. The summed E-state index contributed by atoms with van der Waals surface area (Å²) in [5, 5.41) is 13.7. The monoisotopic (exact) mass is 483 g/mol. The molecule has 2 saturated heterocycles. The summed E-state index contributed by atoms with van der Waals surface area (Å²) in [6, 6.07) is 14.9. The van der Waals surface area contributed by atoms with Crippen molar-refractivity contribution in [1.82, 2.24) is 15.1 Å². The van der Waals surface area contributed by atoms with Gasteiger partial charge in [-0.05, 0) is 61.3 Å². The van der Waals surface area contributed by atoms with E-state index >= 15 is 0 Å². The van der Waals surface area contributed by atoms with E-state index in [0.29, 0.717) is 25.1 Å². The van der Waals surface area contributed by atoms with Gasteiger partial charge in [-0.2, -0.15) is 0 Å². The fraction of sp³-hybridized carbons (Fsp3) is 0.519. The minimum atomic E-state index is -0.567. The number of ether oxygens (including phenoxy) is 3. The number of hydrogen-bond acceptors (Lipinski definition) is 7. The zero-order chi connectivity index (χ0) is 24.5. The number of methoxy groups -OCH3 is 1. The van der Waals surface area contributed by atoms with Crippen LogP contribution in [-0.4, -0.2) is 92.6 Å². The van der Waals surface area contributed by atoms with Gasteiger partial charge in [-0.25, -0.2) is 0 Å². The maximum absolute atomic E-state index is 12.9. The number of likely N-dealkylation sites (tertiary alicyclic amines) is 1. The molecule has 190 valence electrons. The molecule has 2 fully saturated rings. The molecular formula is C27H37N3O5. The summed E-state index contributed by atoms with van der Waals surface area (Å²) in [6.45, 7) is 7.13. The number of morpholine rings is 1. The lowest BCUT2D eigenvalue weighted by Gasteiger charge is -2.27. The van der Waals surface area contributed by atoms with Crippen LogP contribution in [0.15, 0.2) is 48.5 Å². The van der Waals surface area contributed by atoms with Crippen molar-refractivity contribution in [2.45, 2.75) is 31.5 Å². The number of carbonyl (C=O) groups is 1. The molecule has 35 heavy (non-hydrogen) atoms. The van der Waals surface area contributed by atoms with E-state index in [1.165, 1.54) is 5.56 Å². The van der Waals surface area contributed by atoms with E-state index in [4.69, 9.17) is 14.2 Å². The standard InChI is InChI=1S/C27H37N3O5/c1-33-23-8-4-21(5-9-23)19-30-12-2-3-26(31)25(20-30)28-27(32)22-6-10-24(11-7-22)35-18-15-29-13-16-34-17-14-29/h4-11,25-26,31H,2-3,12-20H2,1H3,(H,28,32). The number of rotatable bonds is 9. The van der Waals surface area contributed by atoms with E-state index in [-0.39, 0.29) is 11.9 Å². The highest BCUT2D eigenvalue weighted by atomic mass is 16.5. The van der Waals surface area contributed by atoms with Gasteiger partial charge in [-0.1, -0.05) is 12.1 Å². The van der Waals surface area contributed by atoms with Crippen molar-refractivity contribution in [3.63, 3.8) is 0 Å². The Morgan fingerprint density at radius 3 is 2.46 bits per heavy atom. The molecule has 2 aliphatic heterocycles. The third-order valence-corrected chi connectivity index (χ3v) is 6.67. The molecule has 0 spiro atoms. The van der Waals surface area contributed by atoms with Gasteiger partial charge >= 0.3 is 0 Å². The third-order valence-electron chi connectivity index (χ3n) is 6.67. The number of nitrogens with one attached hydrogen (secondary N) is 1. The molecule has 0 aromatic heterocycles. The third kappa shape index (κ3) is 7.67. The highest BCUT2D eigenvalue weighted by Gasteiger charge is 2.27. The largest absolute Gasteiger partial charge is 0.497 e. The van der Waals surface area contributed by atoms with Crippen molar-refractivity contribution in [2.75, 3.05) is 59.7 Å². The molecule has 0 aliphatic carbocycles. The van der Waals surface area contributed by atoms with Crippen molar-refractivity contribution in [3.8, 4) is 11.5 Å². The molecular weight excluding hydrogens is 446 g/mol. The first-order valence-electron chi connectivity index (χ1n) is 12.5. The van der Waals surface area contributed by atoms with E-state index in [9.17, 15) is 9.90 Å². The van der Waals surface area contributed by atoms with Crippen LogP contribution in [0.3, 0.4) is 0 Å². The van der Waals surface area contributed by atoms with Crippen LogP contribution in [0.1, 0.15) is 28.8 Å². The van der Waals surface area contributed by atoms with Gasteiger partial charge in [0.2, 0.25) is 0 Å². The second-order valence-electron chi connectivity index (χ2n) is 9.20. The van der Waals surface area contributed by atoms with Gasteiger partial charge in [-0.15, -0.1) is 0 Å². The molecule has 2 aromatic carbocycles. The predicted octanol–water partition coefficient (Wildman–Crippen LogP) is 2.16. The van der Waals surface area contributed by atoms with Crippen molar-refractivity contribution in [2.24, 2.45) is 0 Å². The molecule has 2 unspecified atom stereocenters. The zero-order valence-electron chi connectivity index (χ0n) is 20.5. The van der Waals surface area contributed by atoms with Crippen LogP contribution in [0.25, 0.3) is 0 Å². The van der Waals surface area contributed by atoms with Gasteiger partial charge in [-0.3, -0.25) is 14.6 Å². The predicted molar refractivity (Wildman–Crippen MR) is 134 cm³/mol. The Bertz CT molecular complexity index is 915.